The Morgan fingerprint density at radius 1 is 1.19 bits per heavy atom. The van der Waals surface area contributed by atoms with E-state index in [1.54, 1.807) is 6.33 Å². The first kappa shape index (κ1) is 11.8. The molecule has 0 unspecified atom stereocenters. The Bertz CT molecular complexity index is 908. The zero-order valence-corrected chi connectivity index (χ0v) is 11.3. The summed E-state index contributed by atoms with van der Waals surface area (Å²) in [6, 6.07) is 5.82. The highest BCUT2D eigenvalue weighted by Gasteiger charge is 2.13. The first-order chi connectivity index (χ1) is 10.3. The van der Waals surface area contributed by atoms with Gasteiger partial charge in [-0.2, -0.15) is 0 Å². The van der Waals surface area contributed by atoms with Gasteiger partial charge in [0, 0.05) is 13.2 Å². The molecule has 0 amide bonds. The predicted molar refractivity (Wildman–Crippen MR) is 76.8 cm³/mol. The summed E-state index contributed by atoms with van der Waals surface area (Å²) in [4.78, 5) is 17.6. The standard InChI is InChI=1S/C13H12N8/c1-20(13-11-12(15-7-14-11)16-8-17-13)6-10-19-18-9-4-2-3-5-21(9)10/h2-5,7-8H,6H2,1H3,(H,14,15,16,17). The van der Waals surface area contributed by atoms with E-state index in [4.69, 9.17) is 0 Å². The molecule has 0 aromatic carbocycles. The van der Waals surface area contributed by atoms with Gasteiger partial charge in [-0.25, -0.2) is 15.0 Å². The molecule has 4 heterocycles. The minimum atomic E-state index is 0.580. The molecule has 4 aromatic heterocycles. The number of nitrogens with one attached hydrogen (secondary N) is 1. The molecule has 104 valence electrons. The van der Waals surface area contributed by atoms with Gasteiger partial charge in [-0.15, -0.1) is 10.2 Å². The topological polar surface area (TPSA) is 87.9 Å². The van der Waals surface area contributed by atoms with Gasteiger partial charge in [-0.1, -0.05) is 6.07 Å². The predicted octanol–water partition coefficient (Wildman–Crippen LogP) is 1.03. The number of H-pyrrole nitrogens is 1. The molecular weight excluding hydrogens is 268 g/mol. The van der Waals surface area contributed by atoms with Crippen molar-refractivity contribution in [1.82, 2.24) is 34.5 Å². The lowest BCUT2D eigenvalue weighted by Gasteiger charge is -2.17. The van der Waals surface area contributed by atoms with Gasteiger partial charge in [-0.3, -0.25) is 4.40 Å². The van der Waals surface area contributed by atoms with Crippen LogP contribution in [-0.2, 0) is 6.54 Å². The molecule has 4 aromatic rings. The lowest BCUT2D eigenvalue weighted by atomic mass is 10.4. The number of pyridine rings is 1. The van der Waals surface area contributed by atoms with Crippen molar-refractivity contribution >= 4 is 22.6 Å². The fourth-order valence-electron chi connectivity index (χ4n) is 2.33. The number of hydrogen-bond donors (Lipinski definition) is 1. The number of hydrogen-bond acceptors (Lipinski definition) is 6. The van der Waals surface area contributed by atoms with E-state index < -0.39 is 0 Å². The molecule has 0 atom stereocenters. The summed E-state index contributed by atoms with van der Waals surface area (Å²) in [6.45, 7) is 0.580. The zero-order valence-electron chi connectivity index (χ0n) is 11.3. The molecule has 0 saturated carbocycles. The molecule has 0 spiro atoms. The molecule has 8 heteroatoms. The SMILES string of the molecule is CN(Cc1nnc2ccccn12)c1ncnc2nc[nH]c12. The van der Waals surface area contributed by atoms with Crippen molar-refractivity contribution in [2.45, 2.75) is 6.54 Å². The van der Waals surface area contributed by atoms with Gasteiger partial charge >= 0.3 is 0 Å². The summed E-state index contributed by atoms with van der Waals surface area (Å²) in [5.74, 6) is 1.63. The zero-order chi connectivity index (χ0) is 14.2. The number of nitrogens with zero attached hydrogens (tertiary/aromatic N) is 7. The lowest BCUT2D eigenvalue weighted by molar-refractivity contribution is 0.810. The smallest absolute Gasteiger partial charge is 0.182 e. The van der Waals surface area contributed by atoms with E-state index in [2.05, 4.69) is 30.1 Å². The normalized spacial score (nSPS) is 11.3. The van der Waals surface area contributed by atoms with E-state index in [9.17, 15) is 0 Å². The van der Waals surface area contributed by atoms with E-state index in [1.807, 2.05) is 40.7 Å². The van der Waals surface area contributed by atoms with Gasteiger partial charge < -0.3 is 9.88 Å². The quantitative estimate of drug-likeness (QED) is 0.603. The summed E-state index contributed by atoms with van der Waals surface area (Å²) in [5, 5.41) is 8.38. The highest BCUT2D eigenvalue weighted by Crippen LogP contribution is 2.19. The third kappa shape index (κ3) is 1.88. The fourth-order valence-corrected chi connectivity index (χ4v) is 2.33. The molecular formula is C13H12N8. The Kier molecular flexibility index (Phi) is 2.53. The second-order valence-corrected chi connectivity index (χ2v) is 4.70. The van der Waals surface area contributed by atoms with Gasteiger partial charge in [0.05, 0.1) is 12.9 Å². The molecule has 0 saturated heterocycles. The van der Waals surface area contributed by atoms with Crippen molar-refractivity contribution in [3.8, 4) is 0 Å². The van der Waals surface area contributed by atoms with Crippen molar-refractivity contribution in [2.75, 3.05) is 11.9 Å². The third-order valence-corrected chi connectivity index (χ3v) is 3.33. The van der Waals surface area contributed by atoms with E-state index in [0.717, 1.165) is 22.8 Å². The molecule has 0 bridgehead atoms. The van der Waals surface area contributed by atoms with Gasteiger partial charge in [0.1, 0.15) is 11.8 Å². The van der Waals surface area contributed by atoms with Crippen molar-refractivity contribution < 1.29 is 0 Å². The monoisotopic (exact) mass is 280 g/mol. The summed E-state index contributed by atoms with van der Waals surface area (Å²) in [5.41, 5.74) is 2.29. The van der Waals surface area contributed by atoms with Crippen LogP contribution in [0.4, 0.5) is 5.82 Å². The van der Waals surface area contributed by atoms with Crippen LogP contribution in [-0.4, -0.2) is 41.6 Å². The molecule has 0 aliphatic rings. The van der Waals surface area contributed by atoms with Crippen LogP contribution in [0.2, 0.25) is 0 Å². The summed E-state index contributed by atoms with van der Waals surface area (Å²) in [6.07, 6.45) is 5.07. The lowest BCUT2D eigenvalue weighted by Crippen LogP contribution is -2.20. The second-order valence-electron chi connectivity index (χ2n) is 4.70. The summed E-state index contributed by atoms with van der Waals surface area (Å²) in [7, 11) is 1.95. The molecule has 1 N–H and O–H groups in total. The van der Waals surface area contributed by atoms with E-state index in [-0.39, 0.29) is 0 Å². The van der Waals surface area contributed by atoms with Gasteiger partial charge in [-0.05, 0) is 12.1 Å². The summed E-state index contributed by atoms with van der Waals surface area (Å²) < 4.78 is 1.96. The third-order valence-electron chi connectivity index (χ3n) is 3.33. The number of aromatic amines is 1. The van der Waals surface area contributed by atoms with Crippen molar-refractivity contribution in [2.24, 2.45) is 0 Å². The van der Waals surface area contributed by atoms with Crippen molar-refractivity contribution in [1.29, 1.82) is 0 Å². The van der Waals surface area contributed by atoms with E-state index in [0.29, 0.717) is 12.2 Å². The average molecular weight is 280 g/mol. The Morgan fingerprint density at radius 2 is 2.14 bits per heavy atom. The van der Waals surface area contributed by atoms with Crippen LogP contribution in [0, 0.1) is 0 Å². The van der Waals surface area contributed by atoms with Crippen molar-refractivity contribution in [3.05, 3.63) is 42.9 Å². The average Bonchev–Trinajstić information content (AvgIpc) is 3.14. The van der Waals surface area contributed by atoms with Gasteiger partial charge in [0.25, 0.3) is 0 Å². The van der Waals surface area contributed by atoms with Crippen LogP contribution >= 0.6 is 0 Å². The molecule has 0 fully saturated rings. The van der Waals surface area contributed by atoms with Crippen LogP contribution < -0.4 is 4.90 Å². The Labute approximate surface area is 119 Å². The van der Waals surface area contributed by atoms with Crippen LogP contribution in [0.5, 0.6) is 0 Å². The maximum absolute atomic E-state index is 4.33. The van der Waals surface area contributed by atoms with Crippen LogP contribution in [0.25, 0.3) is 16.8 Å². The number of aromatic nitrogens is 7. The molecule has 0 aliphatic carbocycles. The highest BCUT2D eigenvalue weighted by atomic mass is 15.3. The van der Waals surface area contributed by atoms with Gasteiger partial charge in [0.15, 0.2) is 22.9 Å². The maximum Gasteiger partial charge on any atom is 0.182 e. The maximum atomic E-state index is 4.33. The molecule has 4 rings (SSSR count). The Balaban J connectivity index is 1.72. The van der Waals surface area contributed by atoms with Gasteiger partial charge in [0.2, 0.25) is 0 Å². The Morgan fingerprint density at radius 3 is 3.10 bits per heavy atom. The highest BCUT2D eigenvalue weighted by molar-refractivity contribution is 5.82. The fraction of sp³-hybridized carbons (Fsp3) is 0.154. The first-order valence-corrected chi connectivity index (χ1v) is 6.47. The van der Waals surface area contributed by atoms with Crippen LogP contribution in [0.3, 0.4) is 0 Å². The number of anilines is 1. The molecule has 8 nitrogen and oxygen atoms in total. The molecule has 0 aliphatic heterocycles. The Hall–Kier alpha value is -3.03. The van der Waals surface area contributed by atoms with Crippen molar-refractivity contribution in [3.63, 3.8) is 0 Å². The van der Waals surface area contributed by atoms with Crippen LogP contribution in [0.1, 0.15) is 5.82 Å². The largest absolute Gasteiger partial charge is 0.350 e. The minimum Gasteiger partial charge on any atom is -0.350 e. The van der Waals surface area contributed by atoms with E-state index >= 15 is 0 Å². The number of imidazole rings is 1. The molecule has 21 heavy (non-hydrogen) atoms. The van der Waals surface area contributed by atoms with E-state index in [1.165, 1.54) is 6.33 Å². The minimum absolute atomic E-state index is 0.580. The number of fused-ring (bicyclic) bond motifs is 2. The summed E-state index contributed by atoms with van der Waals surface area (Å²) >= 11 is 0. The second kappa shape index (κ2) is 4.51. The molecule has 0 radical (unpaired) electrons. The van der Waals surface area contributed by atoms with Crippen LogP contribution in [0.15, 0.2) is 37.1 Å². The first-order valence-electron chi connectivity index (χ1n) is 6.47. The number of rotatable bonds is 3.